The molecule has 3 heterocycles. The summed E-state index contributed by atoms with van der Waals surface area (Å²) in [7, 11) is 0. The van der Waals surface area contributed by atoms with Gasteiger partial charge in [-0.25, -0.2) is 15.0 Å². The Hall–Kier alpha value is -7.63. The van der Waals surface area contributed by atoms with Crippen LogP contribution in [0.5, 0.6) is 0 Å². The van der Waals surface area contributed by atoms with Crippen LogP contribution in [0.4, 0.5) is 0 Å². The van der Waals surface area contributed by atoms with Crippen LogP contribution in [-0.2, 0) is 0 Å². The predicted molar refractivity (Wildman–Crippen MR) is 229 cm³/mol. The Morgan fingerprint density at radius 1 is 0.339 bits per heavy atom. The molecule has 0 aliphatic heterocycles. The van der Waals surface area contributed by atoms with Crippen LogP contribution in [0.2, 0.25) is 0 Å². The van der Waals surface area contributed by atoms with Gasteiger partial charge in [-0.3, -0.25) is 0 Å². The summed E-state index contributed by atoms with van der Waals surface area (Å²) >= 11 is 0. The van der Waals surface area contributed by atoms with Crippen LogP contribution >= 0.6 is 0 Å². The average molecular weight is 717 g/mol. The number of benzene rings is 8. The van der Waals surface area contributed by atoms with E-state index in [1.165, 1.54) is 21.8 Å². The molecule has 0 fully saturated rings. The van der Waals surface area contributed by atoms with Crippen molar-refractivity contribution >= 4 is 43.7 Å². The van der Waals surface area contributed by atoms with Crippen LogP contribution in [0, 0.1) is 0 Å². The normalized spacial score (nSPS) is 11.6. The van der Waals surface area contributed by atoms with Crippen molar-refractivity contribution in [3.05, 3.63) is 194 Å². The minimum atomic E-state index is 0.626. The Morgan fingerprint density at radius 3 is 1.54 bits per heavy atom. The van der Waals surface area contributed by atoms with E-state index in [0.717, 1.165) is 66.6 Å². The highest BCUT2D eigenvalue weighted by Gasteiger charge is 2.19. The zero-order valence-electron chi connectivity index (χ0n) is 30.2. The molecule has 0 radical (unpaired) electrons. The van der Waals surface area contributed by atoms with Gasteiger partial charge in [0.2, 0.25) is 0 Å². The van der Waals surface area contributed by atoms with Gasteiger partial charge in [0.05, 0.1) is 11.0 Å². The summed E-state index contributed by atoms with van der Waals surface area (Å²) in [6, 6.07) is 67.5. The quantitative estimate of drug-likeness (QED) is 0.172. The summed E-state index contributed by atoms with van der Waals surface area (Å²) in [5.74, 6) is 1.91. The molecule has 0 atom stereocenters. The number of aromatic nitrogens is 4. The van der Waals surface area contributed by atoms with Gasteiger partial charge in [-0.1, -0.05) is 146 Å². The number of hydrogen-bond acceptors (Lipinski definition) is 4. The molecule has 262 valence electrons. The van der Waals surface area contributed by atoms with Crippen molar-refractivity contribution < 1.29 is 4.42 Å². The Labute approximate surface area is 322 Å². The van der Waals surface area contributed by atoms with Crippen molar-refractivity contribution in [3.8, 4) is 62.1 Å². The largest absolute Gasteiger partial charge is 0.456 e. The predicted octanol–water partition coefficient (Wildman–Crippen LogP) is 13.2. The van der Waals surface area contributed by atoms with E-state index in [2.05, 4.69) is 126 Å². The van der Waals surface area contributed by atoms with Crippen LogP contribution < -0.4 is 0 Å². The lowest BCUT2D eigenvalue weighted by atomic mass is 9.93. The molecular formula is C51H32N4O. The van der Waals surface area contributed by atoms with E-state index in [-0.39, 0.29) is 0 Å². The molecule has 5 heteroatoms. The fraction of sp³-hybridized carbons (Fsp3) is 0. The molecule has 56 heavy (non-hydrogen) atoms. The fourth-order valence-electron chi connectivity index (χ4n) is 7.99. The summed E-state index contributed by atoms with van der Waals surface area (Å²) in [5, 5.41) is 4.64. The molecule has 11 rings (SSSR count). The zero-order chi connectivity index (χ0) is 37.0. The van der Waals surface area contributed by atoms with Gasteiger partial charge in [0, 0.05) is 43.9 Å². The molecule has 0 saturated heterocycles. The second-order valence-corrected chi connectivity index (χ2v) is 14.0. The maximum absolute atomic E-state index is 6.57. The molecule has 0 bridgehead atoms. The molecule has 0 spiro atoms. The van der Waals surface area contributed by atoms with Crippen molar-refractivity contribution in [2.75, 3.05) is 0 Å². The van der Waals surface area contributed by atoms with Gasteiger partial charge in [-0.2, -0.15) is 0 Å². The number of furan rings is 1. The van der Waals surface area contributed by atoms with E-state index < -0.39 is 0 Å². The first-order valence-corrected chi connectivity index (χ1v) is 18.8. The van der Waals surface area contributed by atoms with E-state index in [4.69, 9.17) is 19.4 Å². The molecule has 8 aromatic carbocycles. The lowest BCUT2D eigenvalue weighted by Gasteiger charge is -2.11. The van der Waals surface area contributed by atoms with Crippen molar-refractivity contribution in [1.82, 2.24) is 19.5 Å². The highest BCUT2D eigenvalue weighted by atomic mass is 16.3. The Bertz CT molecular complexity index is 3160. The van der Waals surface area contributed by atoms with Crippen molar-refractivity contribution in [1.29, 1.82) is 0 Å². The third-order valence-electron chi connectivity index (χ3n) is 10.7. The third-order valence-corrected chi connectivity index (χ3v) is 10.7. The fourth-order valence-corrected chi connectivity index (χ4v) is 7.99. The monoisotopic (exact) mass is 716 g/mol. The molecule has 0 aliphatic rings. The van der Waals surface area contributed by atoms with E-state index >= 15 is 0 Å². The highest BCUT2D eigenvalue weighted by molar-refractivity contribution is 6.16. The third kappa shape index (κ3) is 5.37. The van der Waals surface area contributed by atoms with E-state index in [9.17, 15) is 0 Å². The Kier molecular flexibility index (Phi) is 7.42. The molecule has 0 unspecified atom stereocenters. The van der Waals surface area contributed by atoms with Gasteiger partial charge in [0.15, 0.2) is 17.5 Å². The number of para-hydroxylation sites is 3. The standard InChI is InChI=1S/C51H32N4O/c1-4-14-34(15-5-1)49-52-50(35-16-6-2-7-17-35)54-51(53-49)36-26-24-33(25-27-36)38-31-42(48-41-21-11-13-23-46(41)56-47(48)32-38)37-28-29-45-43(30-37)40-20-10-12-22-44(40)55(45)39-18-8-3-9-19-39/h1-32H. The van der Waals surface area contributed by atoms with Crippen molar-refractivity contribution in [3.63, 3.8) is 0 Å². The molecular weight excluding hydrogens is 685 g/mol. The van der Waals surface area contributed by atoms with E-state index in [1.54, 1.807) is 0 Å². The topological polar surface area (TPSA) is 56.7 Å². The van der Waals surface area contributed by atoms with Gasteiger partial charge in [-0.15, -0.1) is 0 Å². The van der Waals surface area contributed by atoms with E-state index in [0.29, 0.717) is 17.5 Å². The minimum Gasteiger partial charge on any atom is -0.456 e. The van der Waals surface area contributed by atoms with Crippen LogP contribution in [0.25, 0.3) is 106 Å². The maximum atomic E-state index is 6.57. The van der Waals surface area contributed by atoms with Crippen LogP contribution in [0.3, 0.4) is 0 Å². The van der Waals surface area contributed by atoms with Gasteiger partial charge in [0.1, 0.15) is 11.2 Å². The second kappa shape index (κ2) is 13.0. The number of rotatable bonds is 6. The lowest BCUT2D eigenvalue weighted by Crippen LogP contribution is -2.00. The summed E-state index contributed by atoms with van der Waals surface area (Å²) < 4.78 is 8.92. The Balaban J connectivity index is 1.06. The highest BCUT2D eigenvalue weighted by Crippen LogP contribution is 2.42. The Morgan fingerprint density at radius 2 is 0.857 bits per heavy atom. The van der Waals surface area contributed by atoms with Crippen molar-refractivity contribution in [2.24, 2.45) is 0 Å². The van der Waals surface area contributed by atoms with Gasteiger partial charge in [-0.05, 0) is 70.8 Å². The maximum Gasteiger partial charge on any atom is 0.164 e. The minimum absolute atomic E-state index is 0.626. The molecule has 3 aromatic heterocycles. The smallest absolute Gasteiger partial charge is 0.164 e. The summed E-state index contributed by atoms with van der Waals surface area (Å²) in [6.45, 7) is 0. The molecule has 5 nitrogen and oxygen atoms in total. The van der Waals surface area contributed by atoms with Crippen LogP contribution in [0.1, 0.15) is 0 Å². The van der Waals surface area contributed by atoms with Crippen LogP contribution in [0.15, 0.2) is 199 Å². The SMILES string of the molecule is c1ccc(-c2nc(-c3ccccc3)nc(-c3ccc(-c4cc(-c5ccc6c(c5)c5ccccc5n6-c5ccccc5)c5c(c4)oc4ccccc45)cc3)n2)cc1. The van der Waals surface area contributed by atoms with Gasteiger partial charge >= 0.3 is 0 Å². The van der Waals surface area contributed by atoms with Crippen LogP contribution in [-0.4, -0.2) is 19.5 Å². The average Bonchev–Trinajstić information content (AvgIpc) is 3.82. The molecule has 0 aliphatic carbocycles. The summed E-state index contributed by atoms with van der Waals surface area (Å²) in [5.41, 5.74) is 12.4. The second-order valence-electron chi connectivity index (χ2n) is 14.0. The molecule has 0 amide bonds. The molecule has 0 N–H and O–H groups in total. The van der Waals surface area contributed by atoms with Gasteiger partial charge < -0.3 is 8.98 Å². The van der Waals surface area contributed by atoms with E-state index in [1.807, 2.05) is 72.8 Å². The van der Waals surface area contributed by atoms with Crippen molar-refractivity contribution in [2.45, 2.75) is 0 Å². The first-order chi connectivity index (χ1) is 27.7. The number of fused-ring (bicyclic) bond motifs is 6. The van der Waals surface area contributed by atoms with Gasteiger partial charge in [0.25, 0.3) is 0 Å². The first kappa shape index (κ1) is 31.9. The zero-order valence-corrected chi connectivity index (χ0v) is 30.2. The summed E-state index contributed by atoms with van der Waals surface area (Å²) in [4.78, 5) is 14.8. The summed E-state index contributed by atoms with van der Waals surface area (Å²) in [6.07, 6.45) is 0. The number of nitrogens with zero attached hydrogens (tertiary/aromatic N) is 4. The molecule has 0 saturated carbocycles. The number of hydrogen-bond donors (Lipinski definition) is 0. The lowest BCUT2D eigenvalue weighted by molar-refractivity contribution is 0.669. The molecule has 11 aromatic rings. The first-order valence-electron chi connectivity index (χ1n) is 18.8.